The number of allylic oxidation sites excluding steroid dienone is 1. The first kappa shape index (κ1) is 49.5. The van der Waals surface area contributed by atoms with E-state index in [1.165, 1.54) is 5.57 Å². The fourth-order valence-electron chi connectivity index (χ4n) is 7.65. The molecule has 2 atom stereocenters. The highest BCUT2D eigenvalue weighted by Crippen LogP contribution is 2.33. The van der Waals surface area contributed by atoms with Gasteiger partial charge >= 0.3 is 17.9 Å². The normalized spacial score (nSPS) is 21.3. The van der Waals surface area contributed by atoms with E-state index in [-0.39, 0.29) is 35.7 Å². The monoisotopic (exact) mass is 756 g/mol. The minimum absolute atomic E-state index is 0.0347. The number of nitrogens with zero attached hydrogens (tertiary/aromatic N) is 1. The maximum Gasteiger partial charge on any atom is 0.308 e. The molecule has 1 aliphatic rings. The quantitative estimate of drug-likeness (QED) is 0.0671. The van der Waals surface area contributed by atoms with Crippen molar-refractivity contribution in [3.05, 3.63) is 29.3 Å². The minimum atomic E-state index is -0.123. The van der Waals surface area contributed by atoms with Gasteiger partial charge in [-0.2, -0.15) is 0 Å². The third kappa shape index (κ3) is 25.5. The second kappa shape index (κ2) is 34.9. The van der Waals surface area contributed by atoms with Crippen molar-refractivity contribution < 1.29 is 28.6 Å². The number of carbonyl (C=O) groups excluding carboxylic acids is 3. The van der Waals surface area contributed by atoms with E-state index in [0.29, 0.717) is 32.7 Å². The average Bonchev–Trinajstić information content (AvgIpc) is 3.16. The van der Waals surface area contributed by atoms with Gasteiger partial charge in [-0.3, -0.25) is 14.4 Å². The van der Waals surface area contributed by atoms with Gasteiger partial charge in [-0.15, -0.1) is 0 Å². The smallest absolute Gasteiger partial charge is 0.308 e. The Bertz CT molecular complexity index is 1040. The van der Waals surface area contributed by atoms with Crippen LogP contribution in [0.4, 0.5) is 0 Å². The van der Waals surface area contributed by atoms with Crippen molar-refractivity contribution in [2.45, 2.75) is 195 Å². The predicted octanol–water partition coefficient (Wildman–Crippen LogP) is 12.0. The summed E-state index contributed by atoms with van der Waals surface area (Å²) in [6.45, 7) is 17.0. The molecule has 0 radical (unpaired) electrons. The lowest BCUT2D eigenvalue weighted by atomic mass is 9.79. The molecule has 0 saturated carbocycles. The number of ether oxygens (including phenoxy) is 3. The summed E-state index contributed by atoms with van der Waals surface area (Å²) < 4.78 is 17.4. The molecule has 7 nitrogen and oxygen atoms in total. The molecule has 1 rings (SSSR count). The van der Waals surface area contributed by atoms with Crippen LogP contribution in [0.15, 0.2) is 29.3 Å². The number of cyclic esters (lactones) is 2. The molecule has 7 heteroatoms. The molecule has 0 spiro atoms. The topological polar surface area (TPSA) is 82.1 Å². The van der Waals surface area contributed by atoms with Gasteiger partial charge in [-0.05, 0) is 114 Å². The maximum atomic E-state index is 13.1. The molecule has 310 valence electrons. The second-order valence-electron chi connectivity index (χ2n) is 15.5. The standard InChI is InChI=1S/C47H81NO6/c1-6-11-20-28-41-35-39-52-45(49)33-24-18-14-16-22-30-43(47(51)54-38-27-26-37-48(9-4)10-5)31-23-17-15-19-25-34-46(50)53-40-36-42(29-21-12-7-2)44(41)32-13-8-3/h41-43H,3,6-7,9-12,14-31,33-40H2,1-2,4-5H3. The first-order chi connectivity index (χ1) is 26.4. The van der Waals surface area contributed by atoms with Gasteiger partial charge < -0.3 is 19.1 Å². The van der Waals surface area contributed by atoms with Crippen LogP contribution in [-0.2, 0) is 28.6 Å². The van der Waals surface area contributed by atoms with E-state index in [1.807, 2.05) is 0 Å². The molecule has 0 N–H and O–H groups in total. The Kier molecular flexibility index (Phi) is 32.0. The molecule has 1 fully saturated rings. The summed E-state index contributed by atoms with van der Waals surface area (Å²) in [4.78, 5) is 41.1. The van der Waals surface area contributed by atoms with Crippen LogP contribution in [-0.4, -0.2) is 62.3 Å². The Morgan fingerprint density at radius 3 is 1.67 bits per heavy atom. The molecule has 0 aromatic heterocycles. The van der Waals surface area contributed by atoms with Crippen LogP contribution < -0.4 is 0 Å². The molecule has 1 heterocycles. The van der Waals surface area contributed by atoms with Crippen molar-refractivity contribution in [3.63, 3.8) is 0 Å². The van der Waals surface area contributed by atoms with E-state index in [2.05, 4.69) is 56.4 Å². The zero-order valence-corrected chi connectivity index (χ0v) is 35.5. The van der Waals surface area contributed by atoms with Crippen molar-refractivity contribution in [2.75, 3.05) is 39.5 Å². The van der Waals surface area contributed by atoms with Crippen molar-refractivity contribution in [2.24, 2.45) is 17.8 Å². The first-order valence-corrected chi connectivity index (χ1v) is 22.5. The van der Waals surface area contributed by atoms with Gasteiger partial charge in [0.25, 0.3) is 0 Å². The zero-order chi connectivity index (χ0) is 39.5. The first-order valence-electron chi connectivity index (χ1n) is 22.5. The van der Waals surface area contributed by atoms with Crippen molar-refractivity contribution >= 4 is 17.9 Å². The summed E-state index contributed by atoms with van der Waals surface area (Å²) in [5, 5.41) is 0. The number of hydrogen-bond donors (Lipinski definition) is 0. The fourth-order valence-corrected chi connectivity index (χ4v) is 7.65. The summed E-state index contributed by atoms with van der Waals surface area (Å²) in [5.74, 6) is 0.0952. The average molecular weight is 756 g/mol. The van der Waals surface area contributed by atoms with Gasteiger partial charge in [0.2, 0.25) is 0 Å². The van der Waals surface area contributed by atoms with E-state index in [0.717, 1.165) is 174 Å². The molecule has 1 aliphatic heterocycles. The van der Waals surface area contributed by atoms with Crippen molar-refractivity contribution in [1.82, 2.24) is 4.90 Å². The van der Waals surface area contributed by atoms with E-state index >= 15 is 0 Å². The molecule has 0 amide bonds. The lowest BCUT2D eigenvalue weighted by Crippen LogP contribution is -2.24. The summed E-state index contributed by atoms with van der Waals surface area (Å²) in [6.07, 6.45) is 24.7. The molecular weight excluding hydrogens is 675 g/mol. The number of hydrogen-bond acceptors (Lipinski definition) is 7. The molecule has 0 aromatic carbocycles. The van der Waals surface area contributed by atoms with Crippen LogP contribution in [0, 0.1) is 17.8 Å². The second-order valence-corrected chi connectivity index (χ2v) is 15.5. The number of carbonyl (C=O) groups is 3. The summed E-state index contributed by atoms with van der Waals surface area (Å²) in [5.41, 5.74) is 10.4. The molecular formula is C47H81NO6. The summed E-state index contributed by atoms with van der Waals surface area (Å²) in [7, 11) is 0. The highest BCUT2D eigenvalue weighted by atomic mass is 16.5. The van der Waals surface area contributed by atoms with Gasteiger partial charge in [0.15, 0.2) is 0 Å². The van der Waals surface area contributed by atoms with Gasteiger partial charge in [-0.1, -0.05) is 129 Å². The summed E-state index contributed by atoms with van der Waals surface area (Å²) in [6, 6.07) is 0. The Morgan fingerprint density at radius 2 is 1.19 bits per heavy atom. The van der Waals surface area contributed by atoms with Crippen LogP contribution >= 0.6 is 0 Å². The lowest BCUT2D eigenvalue weighted by molar-refractivity contribution is -0.149. The van der Waals surface area contributed by atoms with Crippen LogP contribution in [0.25, 0.3) is 0 Å². The number of unbranched alkanes of at least 4 members (excludes halogenated alkanes) is 5. The van der Waals surface area contributed by atoms with Crippen LogP contribution in [0.3, 0.4) is 0 Å². The third-order valence-electron chi connectivity index (χ3n) is 11.2. The van der Waals surface area contributed by atoms with Gasteiger partial charge in [0.1, 0.15) is 0 Å². The molecule has 0 bridgehead atoms. The van der Waals surface area contributed by atoms with Crippen molar-refractivity contribution in [3.8, 4) is 0 Å². The number of rotatable bonds is 16. The highest BCUT2D eigenvalue weighted by molar-refractivity contribution is 5.72. The maximum absolute atomic E-state index is 13.1. The number of esters is 3. The van der Waals surface area contributed by atoms with Gasteiger partial charge in [-0.25, -0.2) is 0 Å². The Hall–Kier alpha value is -2.55. The Balaban J connectivity index is 2.92. The SMILES string of the molecule is C=C=C=C=C1C(CCCCC)CCOC(=O)CCCCCCCC(C(=O)OCCCCN(CC)CC)CCCCCCCC(=O)OCCC1CCCCC. The van der Waals surface area contributed by atoms with Crippen molar-refractivity contribution in [1.29, 1.82) is 0 Å². The van der Waals surface area contributed by atoms with E-state index in [4.69, 9.17) is 14.2 Å². The largest absolute Gasteiger partial charge is 0.466 e. The van der Waals surface area contributed by atoms with E-state index < -0.39 is 0 Å². The molecule has 0 aliphatic carbocycles. The third-order valence-corrected chi connectivity index (χ3v) is 11.2. The lowest BCUT2D eigenvalue weighted by Gasteiger charge is -2.26. The van der Waals surface area contributed by atoms with E-state index in [1.54, 1.807) is 0 Å². The minimum Gasteiger partial charge on any atom is -0.466 e. The molecule has 54 heavy (non-hydrogen) atoms. The highest BCUT2D eigenvalue weighted by Gasteiger charge is 2.24. The zero-order valence-electron chi connectivity index (χ0n) is 35.5. The summed E-state index contributed by atoms with van der Waals surface area (Å²) >= 11 is 0. The van der Waals surface area contributed by atoms with Gasteiger partial charge in [0, 0.05) is 12.8 Å². The van der Waals surface area contributed by atoms with Crippen LogP contribution in [0.2, 0.25) is 0 Å². The fraction of sp³-hybridized carbons (Fsp3) is 0.830. The molecule has 1 saturated heterocycles. The van der Waals surface area contributed by atoms with E-state index in [9.17, 15) is 14.4 Å². The van der Waals surface area contributed by atoms with Crippen LogP contribution in [0.1, 0.15) is 195 Å². The van der Waals surface area contributed by atoms with Crippen LogP contribution in [0.5, 0.6) is 0 Å². The Morgan fingerprint density at radius 1 is 0.685 bits per heavy atom. The predicted molar refractivity (Wildman–Crippen MR) is 222 cm³/mol. The Labute approximate surface area is 331 Å². The van der Waals surface area contributed by atoms with Gasteiger partial charge in [0.05, 0.1) is 25.7 Å². The molecule has 2 unspecified atom stereocenters. The molecule has 0 aromatic rings.